The van der Waals surface area contributed by atoms with Crippen molar-refractivity contribution in [2.45, 2.75) is 39.3 Å². The Kier molecular flexibility index (Phi) is 5.90. The van der Waals surface area contributed by atoms with Crippen molar-refractivity contribution in [3.63, 3.8) is 0 Å². The van der Waals surface area contributed by atoms with Gasteiger partial charge < -0.3 is 4.90 Å². The third-order valence-corrected chi connectivity index (χ3v) is 14.9. The lowest BCUT2D eigenvalue weighted by Crippen LogP contribution is -2.58. The Morgan fingerprint density at radius 3 is 1.91 bits per heavy atom. The summed E-state index contributed by atoms with van der Waals surface area (Å²) >= 11 is 0. The molecule has 0 unspecified atom stereocenters. The van der Waals surface area contributed by atoms with Gasteiger partial charge in [-0.3, -0.25) is 0 Å². The second-order valence-corrected chi connectivity index (χ2v) is 19.0. The van der Waals surface area contributed by atoms with Crippen molar-refractivity contribution in [1.29, 1.82) is 0 Å². The molecule has 0 N–H and O–H groups in total. The van der Waals surface area contributed by atoms with Gasteiger partial charge in [0.1, 0.15) is 8.07 Å². The lowest BCUT2D eigenvalue weighted by atomic mass is 9.81. The topological polar surface area (TPSA) is 3.24 Å². The van der Waals surface area contributed by atoms with Gasteiger partial charge >= 0.3 is 0 Å². The number of fused-ring (bicyclic) bond motifs is 7. The van der Waals surface area contributed by atoms with Gasteiger partial charge in [0.15, 0.2) is 0 Å². The highest BCUT2D eigenvalue weighted by Gasteiger charge is 2.37. The molecule has 1 nitrogen and oxygen atoms in total. The lowest BCUT2D eigenvalue weighted by molar-refractivity contribution is 0.660. The SMILES string of the molecule is Cc1ccc2c(-c3ccc4c(c3)N(C)c3ccccc3[Si]4(C)C)c3ccccc3c(-c3ccc4c(c3)-c3ccccc3C4(C)C)c2c1. The van der Waals surface area contributed by atoms with Gasteiger partial charge in [-0.2, -0.15) is 0 Å². The van der Waals surface area contributed by atoms with Crippen LogP contribution in [0.1, 0.15) is 30.5 Å². The lowest BCUT2D eigenvalue weighted by Gasteiger charge is -2.39. The predicted octanol–water partition coefficient (Wildman–Crippen LogP) is 10.8. The maximum absolute atomic E-state index is 2.50. The Morgan fingerprint density at radius 1 is 0.511 bits per heavy atom. The quantitative estimate of drug-likeness (QED) is 0.137. The van der Waals surface area contributed by atoms with Crippen LogP contribution in [0.5, 0.6) is 0 Å². The molecule has 0 saturated carbocycles. The summed E-state index contributed by atoms with van der Waals surface area (Å²) in [6.45, 7) is 11.9. The molecule has 2 heteroatoms. The molecule has 0 amide bonds. The molecule has 7 aromatic rings. The number of hydrogen-bond acceptors (Lipinski definition) is 1. The molecule has 0 radical (unpaired) electrons. The Hall–Kier alpha value is -4.92. The first-order valence-electron chi connectivity index (χ1n) is 16.8. The van der Waals surface area contributed by atoms with E-state index in [1.165, 1.54) is 93.4 Å². The molecule has 228 valence electrons. The summed E-state index contributed by atoms with van der Waals surface area (Å²) in [6.07, 6.45) is 0. The van der Waals surface area contributed by atoms with E-state index in [1.54, 1.807) is 0 Å². The Labute approximate surface area is 279 Å². The molecule has 1 aliphatic carbocycles. The minimum atomic E-state index is -1.85. The van der Waals surface area contributed by atoms with Crippen molar-refractivity contribution in [2.75, 3.05) is 11.9 Å². The van der Waals surface area contributed by atoms with Crippen LogP contribution in [0, 0.1) is 6.92 Å². The van der Waals surface area contributed by atoms with Gasteiger partial charge in [0, 0.05) is 23.8 Å². The molecule has 0 saturated heterocycles. The number of benzene rings is 7. The fourth-order valence-electron chi connectivity index (χ4n) is 8.85. The molecule has 0 atom stereocenters. The first-order valence-corrected chi connectivity index (χ1v) is 19.8. The second-order valence-electron chi connectivity index (χ2n) is 14.7. The summed E-state index contributed by atoms with van der Waals surface area (Å²) in [5.41, 5.74) is 14.7. The zero-order chi connectivity index (χ0) is 32.2. The molecular formula is C45H39NSi. The largest absolute Gasteiger partial charge is 0.345 e. The summed E-state index contributed by atoms with van der Waals surface area (Å²) < 4.78 is 0. The molecule has 0 aromatic heterocycles. The van der Waals surface area contributed by atoms with Crippen molar-refractivity contribution < 1.29 is 0 Å². The van der Waals surface area contributed by atoms with E-state index < -0.39 is 8.07 Å². The van der Waals surface area contributed by atoms with Crippen molar-refractivity contribution in [3.05, 3.63) is 144 Å². The van der Waals surface area contributed by atoms with E-state index >= 15 is 0 Å². The van der Waals surface area contributed by atoms with Crippen molar-refractivity contribution in [1.82, 2.24) is 0 Å². The van der Waals surface area contributed by atoms with Crippen LogP contribution in [0.2, 0.25) is 13.1 Å². The minimum absolute atomic E-state index is 0.00736. The first-order chi connectivity index (χ1) is 22.7. The van der Waals surface area contributed by atoms with Gasteiger partial charge in [-0.05, 0) is 102 Å². The van der Waals surface area contributed by atoms with Gasteiger partial charge in [0.05, 0.1) is 0 Å². The van der Waals surface area contributed by atoms with Crippen LogP contribution in [-0.4, -0.2) is 15.1 Å². The molecule has 7 aromatic carbocycles. The highest BCUT2D eigenvalue weighted by atomic mass is 28.3. The Morgan fingerprint density at radius 2 is 1.11 bits per heavy atom. The maximum Gasteiger partial charge on any atom is 0.117 e. The fraction of sp³-hybridized carbons (Fsp3) is 0.156. The van der Waals surface area contributed by atoms with Crippen LogP contribution < -0.4 is 15.3 Å². The molecule has 0 spiro atoms. The molecule has 0 fully saturated rings. The maximum atomic E-state index is 2.50. The van der Waals surface area contributed by atoms with E-state index in [-0.39, 0.29) is 5.41 Å². The van der Waals surface area contributed by atoms with E-state index in [0.29, 0.717) is 0 Å². The molecule has 47 heavy (non-hydrogen) atoms. The summed E-state index contributed by atoms with van der Waals surface area (Å²) in [6, 6.07) is 48.6. The molecule has 0 bridgehead atoms. The van der Waals surface area contributed by atoms with Crippen LogP contribution in [0.3, 0.4) is 0 Å². The zero-order valence-electron chi connectivity index (χ0n) is 28.1. The molecule has 1 aliphatic heterocycles. The number of rotatable bonds is 2. The van der Waals surface area contributed by atoms with Crippen LogP contribution >= 0.6 is 0 Å². The van der Waals surface area contributed by atoms with Gasteiger partial charge in [0.25, 0.3) is 0 Å². The Bertz CT molecular complexity index is 2450. The standard InChI is InChI=1S/C45H39NSi/c1-28-19-22-34-36(25-28)44(29-20-23-38-35(26-29)31-13-9-10-16-37(31)45(38,2)3)33-15-8-7-14-32(33)43(34)30-21-24-42-40(27-30)46(4)39-17-11-12-18-41(39)47(42,5)6/h7-27H,1-6H3. The van der Waals surface area contributed by atoms with Crippen molar-refractivity contribution in [2.24, 2.45) is 0 Å². The summed E-state index contributed by atoms with van der Waals surface area (Å²) in [5.74, 6) is 0. The van der Waals surface area contributed by atoms with E-state index in [9.17, 15) is 0 Å². The summed E-state index contributed by atoms with van der Waals surface area (Å²) in [4.78, 5) is 2.42. The van der Waals surface area contributed by atoms with E-state index in [4.69, 9.17) is 0 Å². The molecule has 9 rings (SSSR count). The molecule has 1 heterocycles. The third kappa shape index (κ3) is 3.88. The van der Waals surface area contributed by atoms with Crippen LogP contribution in [-0.2, 0) is 5.41 Å². The normalized spacial score (nSPS) is 15.3. The van der Waals surface area contributed by atoms with E-state index in [2.05, 4.69) is 173 Å². The fourth-order valence-corrected chi connectivity index (χ4v) is 11.9. The highest BCUT2D eigenvalue weighted by molar-refractivity contribution is 7.02. The van der Waals surface area contributed by atoms with Crippen molar-refractivity contribution in [3.8, 4) is 33.4 Å². The molecular weight excluding hydrogens is 583 g/mol. The van der Waals surface area contributed by atoms with Crippen LogP contribution in [0.15, 0.2) is 127 Å². The minimum Gasteiger partial charge on any atom is -0.345 e. The predicted molar refractivity (Wildman–Crippen MR) is 206 cm³/mol. The van der Waals surface area contributed by atoms with E-state index in [1.807, 2.05) is 0 Å². The second kappa shape index (κ2) is 9.79. The Balaban J connectivity index is 1.32. The number of hydrogen-bond donors (Lipinski definition) is 0. The monoisotopic (exact) mass is 621 g/mol. The number of aryl methyl sites for hydroxylation is 1. The zero-order valence-corrected chi connectivity index (χ0v) is 29.1. The summed E-state index contributed by atoms with van der Waals surface area (Å²) in [7, 11) is 0.386. The van der Waals surface area contributed by atoms with Crippen molar-refractivity contribution >= 4 is 51.4 Å². The smallest absolute Gasteiger partial charge is 0.117 e. The van der Waals surface area contributed by atoms with Gasteiger partial charge in [-0.25, -0.2) is 0 Å². The van der Waals surface area contributed by atoms with Crippen LogP contribution in [0.4, 0.5) is 11.4 Å². The first kappa shape index (κ1) is 28.3. The number of anilines is 2. The van der Waals surface area contributed by atoms with Gasteiger partial charge in [-0.15, -0.1) is 0 Å². The number of para-hydroxylation sites is 1. The highest BCUT2D eigenvalue weighted by Crippen LogP contribution is 2.51. The van der Waals surface area contributed by atoms with Gasteiger partial charge in [0.2, 0.25) is 0 Å². The average molecular weight is 622 g/mol. The number of nitrogens with zero attached hydrogens (tertiary/aromatic N) is 1. The van der Waals surface area contributed by atoms with Gasteiger partial charge in [-0.1, -0.05) is 142 Å². The summed E-state index contributed by atoms with van der Waals surface area (Å²) in [5, 5.41) is 8.24. The average Bonchev–Trinajstić information content (AvgIpc) is 3.31. The molecule has 2 aliphatic rings. The van der Waals surface area contributed by atoms with E-state index in [0.717, 1.165) is 0 Å². The third-order valence-electron chi connectivity index (χ3n) is 11.3. The van der Waals surface area contributed by atoms with Crippen LogP contribution in [0.25, 0.3) is 54.9 Å².